The smallest absolute Gasteiger partial charge is 0.337 e. The van der Waals surface area contributed by atoms with Gasteiger partial charge in [0.1, 0.15) is 18.5 Å². The highest BCUT2D eigenvalue weighted by atomic mass is 16.4. The largest absolute Gasteiger partial charge is 0.478 e. The fourth-order valence-corrected chi connectivity index (χ4v) is 1.67. The quantitative estimate of drug-likeness (QED) is 0.765. The van der Waals surface area contributed by atoms with Crippen molar-refractivity contribution >= 4 is 11.7 Å². The van der Waals surface area contributed by atoms with Crippen molar-refractivity contribution in [2.75, 3.05) is 5.73 Å². The van der Waals surface area contributed by atoms with Crippen LogP contribution in [0.1, 0.15) is 21.7 Å². The molecule has 1 aromatic heterocycles. The first kappa shape index (κ1) is 12.1. The lowest BCUT2D eigenvalue weighted by molar-refractivity contribution is 0.0698. The average molecular weight is 253 g/mol. The van der Waals surface area contributed by atoms with Crippen LogP contribution in [0.15, 0.2) is 24.5 Å². The third kappa shape index (κ3) is 1.85. The number of nitrogen functional groups attached to an aromatic ring is 1. The van der Waals surface area contributed by atoms with Crippen LogP contribution in [-0.4, -0.2) is 20.6 Å². The molecule has 92 valence electrons. The first-order chi connectivity index (χ1) is 9.10. The number of benzene rings is 1. The molecule has 3 N–H and O–H groups in total. The molecule has 0 aliphatic rings. The van der Waals surface area contributed by atoms with E-state index in [-0.39, 0.29) is 22.6 Å². The summed E-state index contributed by atoms with van der Waals surface area (Å²) in [6.07, 6.45) is 1.26. The lowest BCUT2D eigenvalue weighted by Gasteiger charge is -2.09. The van der Waals surface area contributed by atoms with E-state index in [0.717, 1.165) is 0 Å². The number of aromatic carboxylic acids is 1. The predicted octanol–water partition coefficient (Wildman–Crippen LogP) is 0.896. The number of imidazole rings is 1. The molecule has 2 rings (SSSR count). The second kappa shape index (κ2) is 4.51. The summed E-state index contributed by atoms with van der Waals surface area (Å²) in [7, 11) is 0. The molecule has 7 heteroatoms. The van der Waals surface area contributed by atoms with E-state index in [4.69, 9.17) is 21.4 Å². The Morgan fingerprint density at radius 3 is 2.68 bits per heavy atom. The maximum atomic E-state index is 11.0. The van der Waals surface area contributed by atoms with E-state index in [9.17, 15) is 4.79 Å². The molecule has 0 fully saturated rings. The highest BCUT2D eigenvalue weighted by Gasteiger charge is 2.16. The van der Waals surface area contributed by atoms with E-state index in [1.165, 1.54) is 23.0 Å². The van der Waals surface area contributed by atoms with Gasteiger partial charge in [-0.25, -0.2) is 9.78 Å². The number of nitrogens with zero attached hydrogens (tertiary/aromatic N) is 4. The summed E-state index contributed by atoms with van der Waals surface area (Å²) in [5, 5.41) is 26.8. The molecule has 0 aliphatic heterocycles. The van der Waals surface area contributed by atoms with Crippen molar-refractivity contribution in [3.05, 3.63) is 41.5 Å². The normalized spacial score (nSPS) is 9.58. The molecule has 0 atom stereocenters. The Morgan fingerprint density at radius 1 is 1.37 bits per heavy atom. The number of anilines is 1. The zero-order chi connectivity index (χ0) is 14.0. The zero-order valence-corrected chi connectivity index (χ0v) is 9.53. The van der Waals surface area contributed by atoms with Gasteiger partial charge >= 0.3 is 5.97 Å². The third-order valence-electron chi connectivity index (χ3n) is 2.55. The number of para-hydroxylation sites is 1. The first-order valence-electron chi connectivity index (χ1n) is 5.09. The van der Waals surface area contributed by atoms with E-state index in [2.05, 4.69) is 4.98 Å². The number of carboxylic acids is 1. The van der Waals surface area contributed by atoms with Crippen LogP contribution < -0.4 is 5.73 Å². The molecule has 0 amide bonds. The van der Waals surface area contributed by atoms with Gasteiger partial charge in [0.2, 0.25) is 0 Å². The molecule has 0 saturated heterocycles. The molecule has 0 unspecified atom stereocenters. The molecule has 0 aliphatic carbocycles. The SMILES string of the molecule is N#Cc1ncn(-c2cccc(C(=O)O)c2N)c1C#N. The molecule has 7 nitrogen and oxygen atoms in total. The Kier molecular flexibility index (Phi) is 2.88. The van der Waals surface area contributed by atoms with Gasteiger partial charge in [-0.1, -0.05) is 6.07 Å². The summed E-state index contributed by atoms with van der Waals surface area (Å²) in [5.41, 5.74) is 5.97. The van der Waals surface area contributed by atoms with E-state index in [0.29, 0.717) is 5.69 Å². The van der Waals surface area contributed by atoms with Gasteiger partial charge in [-0.2, -0.15) is 10.5 Å². The number of rotatable bonds is 2. The minimum atomic E-state index is -1.17. The predicted molar refractivity (Wildman–Crippen MR) is 64.4 cm³/mol. The number of hydrogen-bond acceptors (Lipinski definition) is 5. The highest BCUT2D eigenvalue weighted by molar-refractivity contribution is 5.95. The van der Waals surface area contributed by atoms with Crippen molar-refractivity contribution in [3.8, 4) is 17.8 Å². The molecular formula is C12H7N5O2. The second-order valence-corrected chi connectivity index (χ2v) is 3.58. The third-order valence-corrected chi connectivity index (χ3v) is 2.55. The molecule has 1 aromatic carbocycles. The molecular weight excluding hydrogens is 246 g/mol. The average Bonchev–Trinajstić information content (AvgIpc) is 2.81. The number of carbonyl (C=O) groups is 1. The molecule has 0 spiro atoms. The Hall–Kier alpha value is -3.32. The maximum absolute atomic E-state index is 11.0. The Labute approximate surface area is 107 Å². The Morgan fingerprint density at radius 2 is 2.11 bits per heavy atom. The number of aromatic nitrogens is 2. The van der Waals surface area contributed by atoms with Crippen LogP contribution in [0.5, 0.6) is 0 Å². The van der Waals surface area contributed by atoms with Crippen LogP contribution in [0.25, 0.3) is 5.69 Å². The summed E-state index contributed by atoms with van der Waals surface area (Å²) >= 11 is 0. The van der Waals surface area contributed by atoms with Gasteiger partial charge < -0.3 is 10.8 Å². The van der Waals surface area contributed by atoms with Gasteiger partial charge in [-0.3, -0.25) is 4.57 Å². The summed E-state index contributed by atoms with van der Waals surface area (Å²) in [4.78, 5) is 14.8. The lowest BCUT2D eigenvalue weighted by Crippen LogP contribution is -2.07. The molecule has 0 saturated carbocycles. The van der Waals surface area contributed by atoms with Crippen molar-refractivity contribution in [2.45, 2.75) is 0 Å². The van der Waals surface area contributed by atoms with Crippen LogP contribution in [0.2, 0.25) is 0 Å². The molecule has 0 bridgehead atoms. The second-order valence-electron chi connectivity index (χ2n) is 3.58. The zero-order valence-electron chi connectivity index (χ0n) is 9.53. The summed E-state index contributed by atoms with van der Waals surface area (Å²) in [6.45, 7) is 0. The number of carboxylic acid groups (broad SMARTS) is 1. The van der Waals surface area contributed by atoms with Crippen molar-refractivity contribution in [1.29, 1.82) is 10.5 Å². The van der Waals surface area contributed by atoms with Crippen molar-refractivity contribution < 1.29 is 9.90 Å². The monoisotopic (exact) mass is 253 g/mol. The summed E-state index contributed by atoms with van der Waals surface area (Å²) in [5.74, 6) is -1.17. The van der Waals surface area contributed by atoms with Crippen molar-refractivity contribution in [3.63, 3.8) is 0 Å². The first-order valence-corrected chi connectivity index (χ1v) is 5.09. The molecule has 0 radical (unpaired) electrons. The van der Waals surface area contributed by atoms with Gasteiger partial charge in [0.15, 0.2) is 11.4 Å². The fraction of sp³-hybridized carbons (Fsp3) is 0. The van der Waals surface area contributed by atoms with E-state index in [1.54, 1.807) is 12.1 Å². The van der Waals surface area contributed by atoms with E-state index < -0.39 is 5.97 Å². The van der Waals surface area contributed by atoms with Gasteiger partial charge in [0.05, 0.1) is 16.9 Å². The maximum Gasteiger partial charge on any atom is 0.337 e. The van der Waals surface area contributed by atoms with Crippen LogP contribution in [-0.2, 0) is 0 Å². The van der Waals surface area contributed by atoms with Crippen LogP contribution in [0.3, 0.4) is 0 Å². The van der Waals surface area contributed by atoms with Gasteiger partial charge in [0.25, 0.3) is 0 Å². The standard InChI is InChI=1S/C12H7N5O2/c13-4-8-10(5-14)17(6-16-8)9-3-1-2-7(11(9)15)12(18)19/h1-3,6H,15H2,(H,18,19). The van der Waals surface area contributed by atoms with Crippen molar-refractivity contribution in [1.82, 2.24) is 9.55 Å². The highest BCUT2D eigenvalue weighted by Crippen LogP contribution is 2.23. The van der Waals surface area contributed by atoms with Crippen molar-refractivity contribution in [2.24, 2.45) is 0 Å². The Bertz CT molecular complexity index is 748. The van der Waals surface area contributed by atoms with Crippen LogP contribution >= 0.6 is 0 Å². The molecule has 2 aromatic rings. The summed E-state index contributed by atoms with van der Waals surface area (Å²) < 4.78 is 1.29. The van der Waals surface area contributed by atoms with Gasteiger partial charge in [0, 0.05) is 0 Å². The Balaban J connectivity index is 2.71. The minimum Gasteiger partial charge on any atom is -0.478 e. The lowest BCUT2D eigenvalue weighted by atomic mass is 10.1. The van der Waals surface area contributed by atoms with Crippen LogP contribution in [0.4, 0.5) is 5.69 Å². The summed E-state index contributed by atoms with van der Waals surface area (Å²) in [6, 6.07) is 8.03. The number of nitrogens with two attached hydrogens (primary N) is 1. The van der Waals surface area contributed by atoms with Gasteiger partial charge in [-0.15, -0.1) is 0 Å². The fourth-order valence-electron chi connectivity index (χ4n) is 1.67. The number of nitriles is 2. The molecule has 1 heterocycles. The topological polar surface area (TPSA) is 129 Å². The minimum absolute atomic E-state index is 0.00777. The molecule has 19 heavy (non-hydrogen) atoms. The van der Waals surface area contributed by atoms with E-state index in [1.807, 2.05) is 6.07 Å². The van der Waals surface area contributed by atoms with Gasteiger partial charge in [-0.05, 0) is 12.1 Å². The van der Waals surface area contributed by atoms with E-state index >= 15 is 0 Å². The van der Waals surface area contributed by atoms with Crippen LogP contribution in [0, 0.1) is 22.7 Å². The number of hydrogen-bond donors (Lipinski definition) is 2.